The number of rotatable bonds is 6. The van der Waals surface area contributed by atoms with Gasteiger partial charge in [-0.1, -0.05) is 18.2 Å². The van der Waals surface area contributed by atoms with Crippen molar-refractivity contribution < 1.29 is 18.5 Å². The Morgan fingerprint density at radius 3 is 2.67 bits per heavy atom. The average molecular weight is 405 g/mol. The zero-order valence-electron chi connectivity index (χ0n) is 16.6. The molecule has 6 nitrogen and oxygen atoms in total. The van der Waals surface area contributed by atoms with E-state index >= 15 is 4.39 Å². The third-order valence-corrected chi connectivity index (χ3v) is 5.68. The maximum Gasteiger partial charge on any atom is 0.225 e. The normalized spacial score (nSPS) is 21.7. The van der Waals surface area contributed by atoms with Gasteiger partial charge in [0.2, 0.25) is 12.0 Å². The topological polar surface area (TPSA) is 46.4 Å². The first kappa shape index (κ1) is 18.6. The van der Waals surface area contributed by atoms with Gasteiger partial charge in [-0.25, -0.2) is 14.4 Å². The highest BCUT2D eigenvalue weighted by molar-refractivity contribution is 5.82. The van der Waals surface area contributed by atoms with Crippen molar-refractivity contribution in [3.63, 3.8) is 0 Å². The molecule has 0 spiro atoms. The molecular weight excluding hydrogens is 383 g/mol. The van der Waals surface area contributed by atoms with E-state index in [-0.39, 0.29) is 16.5 Å². The van der Waals surface area contributed by atoms with Crippen molar-refractivity contribution >= 4 is 18.2 Å². The standard InChI is InChI=1S/C23H22FN4O2/c1-29-22-13-21(20(24)12-23(22)30-19-8-3-2-4-9-19)27(17-6-5-7-17)28-11-10-25-14-18(28)15-26-16-28/h2-4,8-17H,5-7H2,1H3/q+1. The Morgan fingerprint density at radius 1 is 1.10 bits per heavy atom. The third kappa shape index (κ3) is 2.98. The number of fused-ring (bicyclic) bond motifs is 1. The van der Waals surface area contributed by atoms with Crippen LogP contribution in [0.3, 0.4) is 0 Å². The Bertz CT molecular complexity index is 1080. The molecule has 0 radical (unpaired) electrons. The summed E-state index contributed by atoms with van der Waals surface area (Å²) >= 11 is 0. The average Bonchev–Trinajstić information content (AvgIpc) is 3.17. The second-order valence-corrected chi connectivity index (χ2v) is 7.43. The number of allylic oxidation sites excluding steroid dienone is 1. The first-order chi connectivity index (χ1) is 14.7. The molecule has 1 aliphatic carbocycles. The van der Waals surface area contributed by atoms with E-state index in [4.69, 9.17) is 9.47 Å². The predicted molar refractivity (Wildman–Crippen MR) is 114 cm³/mol. The molecule has 0 bridgehead atoms. The summed E-state index contributed by atoms with van der Waals surface area (Å²) in [5.41, 5.74) is 1.31. The lowest BCUT2D eigenvalue weighted by molar-refractivity contribution is -0.746. The number of nitrogens with zero attached hydrogens (tertiary/aromatic N) is 4. The Morgan fingerprint density at radius 2 is 1.93 bits per heavy atom. The minimum Gasteiger partial charge on any atom is -0.493 e. The highest BCUT2D eigenvalue weighted by Crippen LogP contribution is 2.44. The number of aliphatic imine (C=N–C) groups is 2. The maximum atomic E-state index is 15.5. The molecule has 0 aromatic heterocycles. The van der Waals surface area contributed by atoms with Gasteiger partial charge in [0.25, 0.3) is 0 Å². The van der Waals surface area contributed by atoms with Crippen molar-refractivity contribution in [1.29, 1.82) is 0 Å². The molecule has 7 heteroatoms. The largest absolute Gasteiger partial charge is 0.493 e. The van der Waals surface area contributed by atoms with Crippen LogP contribution in [0.2, 0.25) is 0 Å². The van der Waals surface area contributed by atoms with Crippen LogP contribution in [0.15, 0.2) is 76.7 Å². The van der Waals surface area contributed by atoms with Crippen LogP contribution in [0.5, 0.6) is 17.2 Å². The molecule has 0 saturated heterocycles. The fourth-order valence-electron chi connectivity index (χ4n) is 3.96. The number of hydrogen-bond donors (Lipinski definition) is 0. The first-order valence-corrected chi connectivity index (χ1v) is 9.96. The number of benzene rings is 2. The predicted octanol–water partition coefficient (Wildman–Crippen LogP) is 5.16. The third-order valence-electron chi connectivity index (χ3n) is 5.68. The molecule has 1 unspecified atom stereocenters. The zero-order valence-corrected chi connectivity index (χ0v) is 16.6. The van der Waals surface area contributed by atoms with Crippen LogP contribution in [-0.2, 0) is 0 Å². The number of hydrogen-bond acceptors (Lipinski definition) is 5. The minimum absolute atomic E-state index is 0.175. The van der Waals surface area contributed by atoms with Crippen LogP contribution < -0.4 is 14.5 Å². The van der Waals surface area contributed by atoms with Gasteiger partial charge in [0.05, 0.1) is 31.8 Å². The van der Waals surface area contributed by atoms with E-state index in [2.05, 4.69) is 15.0 Å². The smallest absolute Gasteiger partial charge is 0.225 e. The van der Waals surface area contributed by atoms with Crippen LogP contribution >= 0.6 is 0 Å². The summed E-state index contributed by atoms with van der Waals surface area (Å²) in [6.45, 7) is 0. The van der Waals surface area contributed by atoms with Crippen molar-refractivity contribution in [2.45, 2.75) is 25.3 Å². The Balaban J connectivity index is 1.59. The lowest BCUT2D eigenvalue weighted by Gasteiger charge is -2.46. The molecular formula is C23H22FN4O2+. The molecule has 2 heterocycles. The van der Waals surface area contributed by atoms with Gasteiger partial charge in [-0.05, 0) is 31.4 Å². The van der Waals surface area contributed by atoms with Gasteiger partial charge in [0, 0.05) is 12.1 Å². The maximum absolute atomic E-state index is 15.5. The summed E-state index contributed by atoms with van der Waals surface area (Å²) in [5, 5.41) is 2.05. The van der Waals surface area contributed by atoms with E-state index in [9.17, 15) is 0 Å². The number of anilines is 1. The van der Waals surface area contributed by atoms with Gasteiger partial charge in [0.1, 0.15) is 11.4 Å². The highest BCUT2D eigenvalue weighted by Gasteiger charge is 2.47. The van der Waals surface area contributed by atoms with E-state index < -0.39 is 0 Å². The van der Waals surface area contributed by atoms with Gasteiger partial charge >= 0.3 is 0 Å². The van der Waals surface area contributed by atoms with Crippen LogP contribution in [0.25, 0.3) is 0 Å². The Kier molecular flexibility index (Phi) is 4.59. The molecule has 30 heavy (non-hydrogen) atoms. The van der Waals surface area contributed by atoms with Gasteiger partial charge in [-0.2, -0.15) is 0 Å². The minimum atomic E-state index is -0.378. The molecule has 152 valence electrons. The molecule has 0 amide bonds. The van der Waals surface area contributed by atoms with E-state index in [1.54, 1.807) is 38.1 Å². The summed E-state index contributed by atoms with van der Waals surface area (Å²) in [6, 6.07) is 12.6. The van der Waals surface area contributed by atoms with Crippen molar-refractivity contribution in [2.24, 2.45) is 9.98 Å². The summed E-state index contributed by atoms with van der Waals surface area (Å²) < 4.78 is 27.2. The molecule has 0 N–H and O–H groups in total. The van der Waals surface area contributed by atoms with E-state index in [1.807, 2.05) is 36.5 Å². The van der Waals surface area contributed by atoms with Gasteiger partial charge < -0.3 is 9.47 Å². The summed E-state index contributed by atoms with van der Waals surface area (Å²) in [7, 11) is 1.56. The van der Waals surface area contributed by atoms with Crippen LogP contribution in [0.1, 0.15) is 19.3 Å². The van der Waals surface area contributed by atoms with E-state index in [0.29, 0.717) is 22.9 Å². The SMILES string of the molecule is COc1cc(N(C2CCC2)[N+]23C=CN=CC2=CN=C3)c(F)cc1Oc1ccccc1. The van der Waals surface area contributed by atoms with Crippen LogP contribution in [0.4, 0.5) is 10.1 Å². The van der Waals surface area contributed by atoms with Crippen LogP contribution in [-0.4, -0.2) is 30.3 Å². The second kappa shape index (κ2) is 7.42. The monoisotopic (exact) mass is 405 g/mol. The first-order valence-electron chi connectivity index (χ1n) is 9.96. The molecule has 2 aromatic rings. The molecule has 1 fully saturated rings. The Hall–Kier alpha value is -3.45. The van der Waals surface area contributed by atoms with Gasteiger partial charge in [-0.15, -0.1) is 4.59 Å². The number of methoxy groups -OCH3 is 1. The fourth-order valence-corrected chi connectivity index (χ4v) is 3.96. The molecule has 5 rings (SSSR count). The lowest BCUT2D eigenvalue weighted by atomic mass is 9.91. The van der Waals surface area contributed by atoms with E-state index in [0.717, 1.165) is 25.0 Å². The van der Waals surface area contributed by atoms with Crippen molar-refractivity contribution in [3.8, 4) is 17.2 Å². The van der Waals surface area contributed by atoms with Crippen molar-refractivity contribution in [1.82, 2.24) is 0 Å². The number of quaternary nitrogens is 1. The Labute approximate surface area is 174 Å². The molecule has 1 atom stereocenters. The number of halogens is 1. The van der Waals surface area contributed by atoms with Gasteiger partial charge in [0.15, 0.2) is 23.5 Å². The number of ether oxygens (including phenoxy) is 2. The van der Waals surface area contributed by atoms with E-state index in [1.165, 1.54) is 6.07 Å². The zero-order chi connectivity index (χ0) is 20.6. The summed E-state index contributed by atoms with van der Waals surface area (Å²) in [4.78, 5) is 8.58. The van der Waals surface area contributed by atoms with Crippen molar-refractivity contribution in [2.75, 3.05) is 12.1 Å². The highest BCUT2D eigenvalue weighted by atomic mass is 19.1. The quantitative estimate of drug-likeness (QED) is 0.624. The second-order valence-electron chi connectivity index (χ2n) is 7.43. The summed E-state index contributed by atoms with van der Waals surface area (Å²) in [6.07, 6.45) is 12.1. The molecule has 3 aliphatic rings. The molecule has 2 aromatic carbocycles. The lowest BCUT2D eigenvalue weighted by Crippen LogP contribution is -2.61. The van der Waals surface area contributed by atoms with Crippen molar-refractivity contribution in [3.05, 3.63) is 72.6 Å². The number of para-hydroxylation sites is 1. The molecule has 2 aliphatic heterocycles. The molecule has 1 saturated carbocycles. The summed E-state index contributed by atoms with van der Waals surface area (Å²) in [5.74, 6) is 1.04. The van der Waals surface area contributed by atoms with Gasteiger partial charge in [-0.3, -0.25) is 4.99 Å². The van der Waals surface area contributed by atoms with Crippen LogP contribution in [0, 0.1) is 5.82 Å². The fraction of sp³-hybridized carbons (Fsp3) is 0.217.